The summed E-state index contributed by atoms with van der Waals surface area (Å²) < 4.78 is 28.0. The number of hydrogen-bond donors (Lipinski definition) is 2. The van der Waals surface area contributed by atoms with Gasteiger partial charge in [-0.25, -0.2) is 13.1 Å². The van der Waals surface area contributed by atoms with Gasteiger partial charge < -0.3 is 10.5 Å². The molecular formula is C6H9N3O3S. The van der Waals surface area contributed by atoms with Crippen LogP contribution in [0.15, 0.2) is 11.1 Å². The third-order valence-corrected chi connectivity index (χ3v) is 2.51. The van der Waals surface area contributed by atoms with Gasteiger partial charge in [-0.2, -0.15) is 5.10 Å². The lowest BCUT2D eigenvalue weighted by atomic mass is 10.3. The number of aromatic nitrogens is 2. The quantitative estimate of drug-likeness (QED) is 0.546. The first-order valence-electron chi connectivity index (χ1n) is 3.77. The number of ether oxygens (including phenoxy) is 1. The second-order valence-corrected chi connectivity index (χ2v) is 3.84. The average Bonchev–Trinajstić information content (AvgIpc) is 2.46. The highest BCUT2D eigenvalue weighted by molar-refractivity contribution is 7.72. The topological polar surface area (TPSA) is 87.2 Å². The van der Waals surface area contributed by atoms with Gasteiger partial charge in [0.2, 0.25) is 5.88 Å². The number of nitrogens with two attached hydrogens (primary N) is 1. The van der Waals surface area contributed by atoms with Crippen LogP contribution in [0, 0.1) is 0 Å². The molecule has 0 fully saturated rings. The summed E-state index contributed by atoms with van der Waals surface area (Å²) in [4.78, 5) is 0.127. The zero-order valence-electron chi connectivity index (χ0n) is 6.71. The van der Waals surface area contributed by atoms with Gasteiger partial charge in [0.15, 0.2) is 10.7 Å². The normalized spacial score (nSPS) is 21.2. The maximum Gasteiger partial charge on any atom is 0.230 e. The Kier molecular flexibility index (Phi) is 1.97. The van der Waals surface area contributed by atoms with E-state index in [1.165, 1.54) is 10.9 Å². The van der Waals surface area contributed by atoms with E-state index in [2.05, 4.69) is 5.10 Å². The molecule has 0 bridgehead atoms. The van der Waals surface area contributed by atoms with E-state index in [0.29, 0.717) is 19.0 Å². The fourth-order valence-corrected chi connectivity index (χ4v) is 1.71. The Hall–Kier alpha value is -1.08. The average molecular weight is 203 g/mol. The van der Waals surface area contributed by atoms with Crippen LogP contribution >= 0.6 is 0 Å². The van der Waals surface area contributed by atoms with E-state index in [0.717, 1.165) is 0 Å². The highest BCUT2D eigenvalue weighted by Gasteiger charge is 2.21. The van der Waals surface area contributed by atoms with Crippen molar-refractivity contribution in [2.24, 2.45) is 5.73 Å². The van der Waals surface area contributed by atoms with Gasteiger partial charge in [-0.05, 0) is 0 Å². The fraction of sp³-hybridized carbons (Fsp3) is 0.500. The molecule has 2 N–H and O–H groups in total. The highest BCUT2D eigenvalue weighted by atomic mass is 32.2. The lowest BCUT2D eigenvalue weighted by molar-refractivity contribution is 0.200. The summed E-state index contributed by atoms with van der Waals surface area (Å²) in [5.74, 6) is 0.304. The molecule has 2 heterocycles. The van der Waals surface area contributed by atoms with E-state index < -0.39 is 10.7 Å². The molecule has 72 valence electrons. The van der Waals surface area contributed by atoms with E-state index in [9.17, 15) is 8.42 Å². The van der Waals surface area contributed by atoms with Crippen LogP contribution in [0.2, 0.25) is 0 Å². The Morgan fingerprint density at radius 3 is 3.15 bits per heavy atom. The Bertz CT molecular complexity index is 390. The van der Waals surface area contributed by atoms with Gasteiger partial charge in [0.25, 0.3) is 0 Å². The first-order chi connectivity index (χ1) is 6.18. The van der Waals surface area contributed by atoms with E-state index >= 15 is 0 Å². The van der Waals surface area contributed by atoms with Crippen molar-refractivity contribution in [2.75, 3.05) is 6.61 Å². The van der Waals surface area contributed by atoms with Crippen LogP contribution in [0.25, 0.3) is 0 Å². The van der Waals surface area contributed by atoms with Crippen LogP contribution in [0.1, 0.15) is 0 Å². The summed E-state index contributed by atoms with van der Waals surface area (Å²) in [6, 6.07) is -0.121. The van der Waals surface area contributed by atoms with Crippen molar-refractivity contribution in [1.29, 1.82) is 0 Å². The molecule has 1 aromatic rings. The Morgan fingerprint density at radius 2 is 2.46 bits per heavy atom. The summed E-state index contributed by atoms with van der Waals surface area (Å²) >= 11 is 0. The van der Waals surface area contributed by atoms with E-state index in [1.807, 2.05) is 0 Å². The minimum atomic E-state index is -2.64. The molecule has 0 saturated heterocycles. The number of nitrogens with zero attached hydrogens (tertiary/aromatic N) is 2. The van der Waals surface area contributed by atoms with Crippen LogP contribution in [-0.4, -0.2) is 30.8 Å². The van der Waals surface area contributed by atoms with Crippen molar-refractivity contribution in [3.8, 4) is 5.88 Å². The number of rotatable bonds is 1. The van der Waals surface area contributed by atoms with Crippen molar-refractivity contribution < 1.29 is 13.2 Å². The summed E-state index contributed by atoms with van der Waals surface area (Å²) in [6.45, 7) is 0.834. The number of thiol groups is 1. The lowest BCUT2D eigenvalue weighted by Crippen LogP contribution is -2.37. The van der Waals surface area contributed by atoms with Gasteiger partial charge >= 0.3 is 0 Å². The summed E-state index contributed by atoms with van der Waals surface area (Å²) in [5.41, 5.74) is 5.60. The first kappa shape index (κ1) is 8.52. The molecule has 1 atom stereocenters. The molecule has 6 nitrogen and oxygen atoms in total. The van der Waals surface area contributed by atoms with Crippen LogP contribution < -0.4 is 10.5 Å². The van der Waals surface area contributed by atoms with E-state index in [4.69, 9.17) is 10.5 Å². The van der Waals surface area contributed by atoms with Gasteiger partial charge in [0.05, 0.1) is 18.8 Å². The molecule has 7 heteroatoms. The summed E-state index contributed by atoms with van der Waals surface area (Å²) in [6.07, 6.45) is 1.28. The molecule has 0 saturated carbocycles. The zero-order valence-corrected chi connectivity index (χ0v) is 7.61. The SMILES string of the molecule is N[C@H]1COc2c([SH](=O)=O)cnn2C1. The van der Waals surface area contributed by atoms with Gasteiger partial charge in [0.1, 0.15) is 11.5 Å². The monoisotopic (exact) mass is 203 g/mol. The first-order valence-corrected chi connectivity index (χ1v) is 4.95. The largest absolute Gasteiger partial charge is 0.475 e. The van der Waals surface area contributed by atoms with Gasteiger partial charge in [-0.1, -0.05) is 0 Å². The summed E-state index contributed by atoms with van der Waals surface area (Å²) in [7, 11) is -2.64. The van der Waals surface area contributed by atoms with Crippen LogP contribution in [0.3, 0.4) is 0 Å². The van der Waals surface area contributed by atoms with Gasteiger partial charge in [-0.15, -0.1) is 0 Å². The van der Waals surface area contributed by atoms with Crippen molar-refractivity contribution in [1.82, 2.24) is 9.78 Å². The Balaban J connectivity index is 2.44. The van der Waals surface area contributed by atoms with Gasteiger partial charge in [0, 0.05) is 0 Å². The maximum absolute atomic E-state index is 10.7. The van der Waals surface area contributed by atoms with E-state index in [1.54, 1.807) is 0 Å². The van der Waals surface area contributed by atoms with Crippen LogP contribution in [0.5, 0.6) is 5.88 Å². The molecular weight excluding hydrogens is 194 g/mol. The zero-order chi connectivity index (χ0) is 9.42. The minimum Gasteiger partial charge on any atom is -0.475 e. The van der Waals surface area contributed by atoms with E-state index in [-0.39, 0.29) is 10.9 Å². The Morgan fingerprint density at radius 1 is 1.69 bits per heavy atom. The molecule has 2 rings (SSSR count). The second kappa shape index (κ2) is 3.00. The highest BCUT2D eigenvalue weighted by Crippen LogP contribution is 2.22. The molecule has 1 aromatic heterocycles. The molecule has 0 aliphatic carbocycles. The molecule has 13 heavy (non-hydrogen) atoms. The molecule has 0 spiro atoms. The molecule has 0 unspecified atom stereocenters. The minimum absolute atomic E-state index is 0.121. The lowest BCUT2D eigenvalue weighted by Gasteiger charge is -2.20. The van der Waals surface area contributed by atoms with Crippen molar-refractivity contribution in [2.45, 2.75) is 17.5 Å². The molecule has 0 radical (unpaired) electrons. The molecule has 0 aromatic carbocycles. The Labute approximate surface area is 76.2 Å². The van der Waals surface area contributed by atoms with Crippen molar-refractivity contribution >= 4 is 10.7 Å². The fourth-order valence-electron chi connectivity index (χ4n) is 1.23. The van der Waals surface area contributed by atoms with Crippen molar-refractivity contribution in [3.05, 3.63) is 6.20 Å². The number of fused-ring (bicyclic) bond motifs is 1. The van der Waals surface area contributed by atoms with Gasteiger partial charge in [-0.3, -0.25) is 0 Å². The number of hydrogen-bond acceptors (Lipinski definition) is 5. The smallest absolute Gasteiger partial charge is 0.230 e. The second-order valence-electron chi connectivity index (χ2n) is 2.85. The van der Waals surface area contributed by atoms with Crippen molar-refractivity contribution in [3.63, 3.8) is 0 Å². The van der Waals surface area contributed by atoms with Crippen LogP contribution in [-0.2, 0) is 17.2 Å². The predicted molar refractivity (Wildman–Crippen MR) is 44.3 cm³/mol. The standard InChI is InChI=1S/C6H9N3O3S/c7-4-2-9-6(12-3-4)5(1-8-9)13(10)11/h1,4,13H,2-3,7H2/t4-/m1/s1. The third kappa shape index (κ3) is 1.40. The predicted octanol–water partition coefficient (Wildman–Crippen LogP) is -1.43. The third-order valence-electron chi connectivity index (χ3n) is 1.81. The molecule has 1 aliphatic rings. The maximum atomic E-state index is 10.7. The summed E-state index contributed by atoms with van der Waals surface area (Å²) in [5, 5.41) is 3.86. The molecule has 0 amide bonds. The van der Waals surface area contributed by atoms with Crippen LogP contribution in [0.4, 0.5) is 0 Å². The molecule has 1 aliphatic heterocycles.